The van der Waals surface area contributed by atoms with E-state index >= 15 is 0 Å². The van der Waals surface area contributed by atoms with E-state index in [2.05, 4.69) is 43.3 Å². The molecule has 0 aromatic carbocycles. The molecule has 0 aliphatic rings. The van der Waals surface area contributed by atoms with Crippen LogP contribution in [-0.4, -0.2) is 4.98 Å². The maximum Gasteiger partial charge on any atom is 0.0812 e. The predicted octanol–water partition coefficient (Wildman–Crippen LogP) is 4.62. The number of nitrogens with zero attached hydrogens (tertiary/aromatic N) is 1. The minimum absolute atomic E-state index is 0.214. The van der Waals surface area contributed by atoms with Gasteiger partial charge < -0.3 is 0 Å². The van der Waals surface area contributed by atoms with Gasteiger partial charge in [0.2, 0.25) is 0 Å². The van der Waals surface area contributed by atoms with Gasteiger partial charge >= 0.3 is 0 Å². The molecule has 0 aliphatic carbocycles. The lowest BCUT2D eigenvalue weighted by molar-refractivity contribution is 0.596. The zero-order valence-corrected chi connectivity index (χ0v) is 11.0. The van der Waals surface area contributed by atoms with Crippen LogP contribution in [0.3, 0.4) is 0 Å². The maximum atomic E-state index is 4.33. The number of pyridine rings is 1. The van der Waals surface area contributed by atoms with Gasteiger partial charge in [-0.25, -0.2) is 0 Å². The molecule has 2 heteroatoms. The number of hydrogen-bond donors (Lipinski definition) is 0. The second-order valence-corrected chi connectivity index (χ2v) is 5.16. The van der Waals surface area contributed by atoms with Crippen LogP contribution < -0.4 is 0 Å². The van der Waals surface area contributed by atoms with Crippen LogP contribution in [0.25, 0.3) is 10.2 Å². The smallest absolute Gasteiger partial charge is 0.0812 e. The Morgan fingerprint density at radius 3 is 2.40 bits per heavy atom. The summed E-state index contributed by atoms with van der Waals surface area (Å²) in [7, 11) is 0. The van der Waals surface area contributed by atoms with Gasteiger partial charge in [-0.05, 0) is 28.5 Å². The van der Waals surface area contributed by atoms with E-state index in [1.807, 2.05) is 20.0 Å². The molecular formula is C13H19NS. The molecule has 0 amide bonds. The van der Waals surface area contributed by atoms with Crippen LogP contribution in [-0.2, 0) is 5.41 Å². The first kappa shape index (κ1) is 12.2. The van der Waals surface area contributed by atoms with Gasteiger partial charge in [0.25, 0.3) is 0 Å². The van der Waals surface area contributed by atoms with Gasteiger partial charge in [-0.1, -0.05) is 34.6 Å². The van der Waals surface area contributed by atoms with Crippen molar-refractivity contribution in [3.8, 4) is 0 Å². The average Bonchev–Trinajstić information content (AvgIpc) is 2.66. The number of fused-ring (bicyclic) bond motifs is 1. The van der Waals surface area contributed by atoms with E-state index in [1.54, 1.807) is 11.3 Å². The Morgan fingerprint density at radius 1 is 1.13 bits per heavy atom. The molecule has 15 heavy (non-hydrogen) atoms. The van der Waals surface area contributed by atoms with Gasteiger partial charge in [0.1, 0.15) is 0 Å². The summed E-state index contributed by atoms with van der Waals surface area (Å²) < 4.78 is 1.33. The molecule has 82 valence electrons. The lowest BCUT2D eigenvalue weighted by Crippen LogP contribution is -2.11. The molecule has 0 aliphatic heterocycles. The van der Waals surface area contributed by atoms with Crippen LogP contribution in [0.2, 0.25) is 0 Å². The van der Waals surface area contributed by atoms with Crippen LogP contribution in [0.5, 0.6) is 0 Å². The van der Waals surface area contributed by atoms with Crippen molar-refractivity contribution in [2.75, 3.05) is 0 Å². The van der Waals surface area contributed by atoms with Gasteiger partial charge in [0.05, 0.1) is 10.2 Å². The minimum atomic E-state index is 0.214. The third kappa shape index (κ3) is 2.57. The van der Waals surface area contributed by atoms with Crippen molar-refractivity contribution < 1.29 is 0 Å². The molecule has 0 atom stereocenters. The average molecular weight is 221 g/mol. The maximum absolute atomic E-state index is 4.33. The highest BCUT2D eigenvalue weighted by Gasteiger charge is 2.17. The fourth-order valence-electron chi connectivity index (χ4n) is 1.46. The molecule has 2 aromatic heterocycles. The van der Waals surface area contributed by atoms with E-state index in [0.29, 0.717) is 0 Å². The SMILES string of the molecule is CC.CC(C)(C)c1ccnc2ccsc12. The summed E-state index contributed by atoms with van der Waals surface area (Å²) in [5.74, 6) is 0. The van der Waals surface area contributed by atoms with Crippen molar-refractivity contribution in [3.63, 3.8) is 0 Å². The summed E-state index contributed by atoms with van der Waals surface area (Å²) in [6.07, 6.45) is 1.90. The molecule has 0 bridgehead atoms. The van der Waals surface area contributed by atoms with Gasteiger partial charge in [0, 0.05) is 6.20 Å². The third-order valence-electron chi connectivity index (χ3n) is 2.15. The molecule has 0 spiro atoms. The van der Waals surface area contributed by atoms with Gasteiger partial charge in [0.15, 0.2) is 0 Å². The van der Waals surface area contributed by atoms with Crippen molar-refractivity contribution in [2.24, 2.45) is 0 Å². The highest BCUT2D eigenvalue weighted by atomic mass is 32.1. The lowest BCUT2D eigenvalue weighted by Gasteiger charge is -2.19. The summed E-state index contributed by atoms with van der Waals surface area (Å²) in [5, 5.41) is 2.10. The fraction of sp³-hybridized carbons (Fsp3) is 0.462. The summed E-state index contributed by atoms with van der Waals surface area (Å²) in [6, 6.07) is 4.20. The van der Waals surface area contributed by atoms with Crippen molar-refractivity contribution in [1.29, 1.82) is 0 Å². The molecule has 2 heterocycles. The molecule has 0 radical (unpaired) electrons. The summed E-state index contributed by atoms with van der Waals surface area (Å²) in [5.41, 5.74) is 2.73. The second kappa shape index (κ2) is 4.75. The first-order valence-corrected chi connectivity index (χ1v) is 6.30. The topological polar surface area (TPSA) is 12.9 Å². The number of thiophene rings is 1. The summed E-state index contributed by atoms with van der Waals surface area (Å²) >= 11 is 1.78. The molecule has 0 saturated carbocycles. The molecule has 0 N–H and O–H groups in total. The zero-order chi connectivity index (χ0) is 11.5. The van der Waals surface area contributed by atoms with Crippen molar-refractivity contribution in [1.82, 2.24) is 4.98 Å². The molecule has 2 aromatic rings. The summed E-state index contributed by atoms with van der Waals surface area (Å²) in [4.78, 5) is 4.33. The monoisotopic (exact) mass is 221 g/mol. The molecule has 0 fully saturated rings. The van der Waals surface area contributed by atoms with E-state index in [1.165, 1.54) is 10.3 Å². The Bertz CT molecular complexity index is 423. The molecule has 2 rings (SSSR count). The Labute approximate surface area is 96.2 Å². The Balaban J connectivity index is 0.000000531. The quantitative estimate of drug-likeness (QED) is 0.632. The minimum Gasteiger partial charge on any atom is -0.255 e. The van der Waals surface area contributed by atoms with E-state index in [-0.39, 0.29) is 5.41 Å². The number of aromatic nitrogens is 1. The Morgan fingerprint density at radius 2 is 1.80 bits per heavy atom. The van der Waals surface area contributed by atoms with Gasteiger partial charge in [-0.15, -0.1) is 11.3 Å². The first-order valence-electron chi connectivity index (χ1n) is 5.42. The summed E-state index contributed by atoms with van der Waals surface area (Å²) in [6.45, 7) is 10.7. The van der Waals surface area contributed by atoms with Gasteiger partial charge in [-0.2, -0.15) is 0 Å². The van der Waals surface area contributed by atoms with Crippen LogP contribution >= 0.6 is 11.3 Å². The van der Waals surface area contributed by atoms with E-state index in [0.717, 1.165) is 5.52 Å². The second-order valence-electron chi connectivity index (χ2n) is 4.24. The lowest BCUT2D eigenvalue weighted by atomic mass is 9.87. The predicted molar refractivity (Wildman–Crippen MR) is 69.7 cm³/mol. The molecule has 0 unspecified atom stereocenters. The van der Waals surface area contributed by atoms with Crippen LogP contribution in [0.15, 0.2) is 23.7 Å². The van der Waals surface area contributed by atoms with E-state index < -0.39 is 0 Å². The zero-order valence-electron chi connectivity index (χ0n) is 10.2. The third-order valence-corrected chi connectivity index (χ3v) is 3.09. The largest absolute Gasteiger partial charge is 0.255 e. The number of hydrogen-bond acceptors (Lipinski definition) is 2. The first-order chi connectivity index (χ1) is 7.09. The highest BCUT2D eigenvalue weighted by molar-refractivity contribution is 7.17. The van der Waals surface area contributed by atoms with Gasteiger partial charge in [-0.3, -0.25) is 4.98 Å². The number of rotatable bonds is 0. The van der Waals surface area contributed by atoms with Crippen LogP contribution in [0.1, 0.15) is 40.2 Å². The van der Waals surface area contributed by atoms with E-state index in [4.69, 9.17) is 0 Å². The normalized spacial score (nSPS) is 11.0. The Hall–Kier alpha value is -0.890. The highest BCUT2D eigenvalue weighted by Crippen LogP contribution is 2.31. The van der Waals surface area contributed by atoms with Crippen LogP contribution in [0, 0.1) is 0 Å². The van der Waals surface area contributed by atoms with E-state index in [9.17, 15) is 0 Å². The van der Waals surface area contributed by atoms with Crippen molar-refractivity contribution >= 4 is 21.6 Å². The Kier molecular flexibility index (Phi) is 3.86. The molecule has 1 nitrogen and oxygen atoms in total. The fourth-order valence-corrected chi connectivity index (χ4v) is 2.54. The van der Waals surface area contributed by atoms with Crippen LogP contribution in [0.4, 0.5) is 0 Å². The molecule has 0 saturated heterocycles. The standard InChI is InChI=1S/C11H13NS.C2H6/c1-11(2,3)8-4-6-12-9-5-7-13-10(8)9;1-2/h4-7H,1-3H3;1-2H3. The van der Waals surface area contributed by atoms with Crippen molar-refractivity contribution in [2.45, 2.75) is 40.0 Å². The van der Waals surface area contributed by atoms with Crippen molar-refractivity contribution in [3.05, 3.63) is 29.3 Å². The molecular weight excluding hydrogens is 202 g/mol.